The number of phosphoric acid groups is 3. The van der Waals surface area contributed by atoms with Crippen molar-refractivity contribution in [2.24, 2.45) is 0 Å². The molecule has 3 aliphatic rings. The van der Waals surface area contributed by atoms with Gasteiger partial charge in [0.1, 0.15) is 29.7 Å². The summed E-state index contributed by atoms with van der Waals surface area (Å²) in [7, 11) is -16.7. The number of aryl methyl sites for hydroxylation is 2. The van der Waals surface area contributed by atoms with Gasteiger partial charge in [-0.15, -0.1) is 0 Å². The summed E-state index contributed by atoms with van der Waals surface area (Å²) < 4.78 is 59.5. The maximum atomic E-state index is 13.5. The predicted molar refractivity (Wildman–Crippen MR) is 258 cm³/mol. The fraction of sp³-hybridized carbons (Fsp3) is 0.378. The number of unbranched alkanes of at least 4 members (excludes halogenated alkanes) is 2. The molecule has 0 bridgehead atoms. The van der Waals surface area contributed by atoms with Crippen molar-refractivity contribution in [3.63, 3.8) is 0 Å². The number of anilines is 1. The Morgan fingerprint density at radius 1 is 0.917 bits per heavy atom. The van der Waals surface area contributed by atoms with Crippen molar-refractivity contribution in [2.45, 2.75) is 78.6 Å². The summed E-state index contributed by atoms with van der Waals surface area (Å²) in [4.78, 5) is 106. The van der Waals surface area contributed by atoms with E-state index in [2.05, 4.69) is 50.9 Å². The van der Waals surface area contributed by atoms with Gasteiger partial charge in [0.25, 0.3) is 11.5 Å². The molecule has 2 amide bonds. The van der Waals surface area contributed by atoms with Crippen LogP contribution in [0.4, 0.5) is 5.69 Å². The number of carboxylic acid groups (broad SMARTS) is 1. The molecule has 4 atom stereocenters. The van der Waals surface area contributed by atoms with E-state index in [1.54, 1.807) is 6.07 Å². The summed E-state index contributed by atoms with van der Waals surface area (Å²) in [6.45, 7) is 8.66. The zero-order chi connectivity index (χ0) is 52.5. The van der Waals surface area contributed by atoms with Crippen molar-refractivity contribution in [3.05, 3.63) is 103 Å². The Balaban J connectivity index is 1.01. The van der Waals surface area contributed by atoms with Crippen molar-refractivity contribution in [3.8, 4) is 34.3 Å². The van der Waals surface area contributed by atoms with E-state index >= 15 is 0 Å². The van der Waals surface area contributed by atoms with Gasteiger partial charge >= 0.3 is 35.1 Å². The second kappa shape index (κ2) is 23.7. The number of benzene rings is 3. The summed E-state index contributed by atoms with van der Waals surface area (Å²) in [6, 6.07) is 12.2. The molecule has 1 aliphatic carbocycles. The van der Waals surface area contributed by atoms with Crippen LogP contribution < -0.4 is 37.5 Å². The molecule has 2 aromatic carbocycles. The molecule has 2 aliphatic heterocycles. The number of rotatable bonds is 21. The highest BCUT2D eigenvalue weighted by molar-refractivity contribution is 7.66. The molecule has 1 aromatic heterocycles. The van der Waals surface area contributed by atoms with Crippen LogP contribution in [0.15, 0.2) is 62.7 Å². The first kappa shape index (κ1) is 55.3. The Morgan fingerprint density at radius 3 is 2.39 bits per heavy atom. The number of carbonyl (C=O) groups is 3. The lowest BCUT2D eigenvalue weighted by molar-refractivity contribution is -0.496. The van der Waals surface area contributed by atoms with Crippen molar-refractivity contribution in [1.29, 1.82) is 0 Å². The number of nitrogens with one attached hydrogen (secondary N) is 5. The lowest BCUT2D eigenvalue weighted by Gasteiger charge is -2.19. The molecule has 4 unspecified atom stereocenters. The molecule has 10 N–H and O–H groups in total. The molecule has 27 heteroatoms. The van der Waals surface area contributed by atoms with Gasteiger partial charge in [0, 0.05) is 65.1 Å². The zero-order valence-electron chi connectivity index (χ0n) is 39.4. The van der Waals surface area contributed by atoms with Gasteiger partial charge < -0.3 is 49.8 Å². The molecule has 6 rings (SSSR count). The Bertz CT molecular complexity index is 3260. The number of H-pyrrole nitrogens is 1. The van der Waals surface area contributed by atoms with Crippen molar-refractivity contribution in [1.82, 2.24) is 20.2 Å². The van der Waals surface area contributed by atoms with Crippen LogP contribution in [0, 0.1) is 25.7 Å². The molecular weight excluding hydrogens is 1010 g/mol. The summed E-state index contributed by atoms with van der Waals surface area (Å²) in [5.41, 5.74) is 3.36. The van der Waals surface area contributed by atoms with Crippen LogP contribution in [0.25, 0.3) is 33.4 Å². The Hall–Kier alpha value is -6.05. The highest BCUT2D eigenvalue weighted by atomic mass is 31.3. The van der Waals surface area contributed by atoms with E-state index in [-0.39, 0.29) is 54.9 Å². The quantitative estimate of drug-likeness (QED) is 0.0218. The molecule has 0 spiro atoms. The molecule has 386 valence electrons. The molecule has 3 heterocycles. The number of hydrogen-bond donors (Lipinski definition) is 10. The molecule has 24 nitrogen and oxygen atoms in total. The van der Waals surface area contributed by atoms with Crippen LogP contribution in [0.3, 0.4) is 0 Å². The number of fused-ring (bicyclic) bond motifs is 2. The standard InChI is InChI=1S/C45H53N6O18P3/c1-5-46-35-22-37-33(19-26(35)3)41(34-20-27(4)36(47-6-2)23-38(34)67-37)32-21-28(13-15-31(32)44(55)56)42(53)49-17-9-7-8-12-39(52)48-18-10-11-29-24-51(45(57)50-43(29)54)40-16-14-30(66-40)25-65-71(61,62)69-72(63,64)68-70(58,59)60/h13,15,19-24,30,40,46H,5-9,12,14,16-18,25H2,1-4H3,(H,48,52)(H,49,53)(H,55,56)(H,61,62)(H,63,64)(H,50,54,57)(H2,58,59,60)/p+1. The summed E-state index contributed by atoms with van der Waals surface area (Å²) in [5.74, 6) is 3.88. The van der Waals surface area contributed by atoms with Gasteiger partial charge in [0.05, 0.1) is 30.9 Å². The second-order valence-corrected chi connectivity index (χ2v) is 20.9. The third-order valence-electron chi connectivity index (χ3n) is 11.1. The Kier molecular flexibility index (Phi) is 18.2. The predicted octanol–water partition coefficient (Wildman–Crippen LogP) is 3.28. The maximum absolute atomic E-state index is 13.5. The lowest BCUT2D eigenvalue weighted by atomic mass is 9.88. The highest BCUT2D eigenvalue weighted by Crippen LogP contribution is 2.66. The number of nitrogens with zero attached hydrogens (tertiary/aromatic N) is 1. The molecule has 1 saturated heterocycles. The average Bonchev–Trinajstić information content (AvgIpc) is 3.76. The smallest absolute Gasteiger partial charge is 0.478 e. The Labute approximate surface area is 410 Å². The van der Waals surface area contributed by atoms with E-state index in [0.29, 0.717) is 65.8 Å². The largest absolute Gasteiger partial charge is 0.490 e. The topological polar surface area (TPSA) is 359 Å². The van der Waals surface area contributed by atoms with Crippen LogP contribution >= 0.6 is 23.5 Å². The fourth-order valence-corrected chi connectivity index (χ4v) is 10.9. The number of phosphoric ester groups is 1. The van der Waals surface area contributed by atoms with Gasteiger partial charge in [-0.05, 0) is 94.8 Å². The van der Waals surface area contributed by atoms with E-state index in [1.165, 1.54) is 12.1 Å². The number of aromatic nitrogens is 2. The molecule has 1 fully saturated rings. The summed E-state index contributed by atoms with van der Waals surface area (Å²) in [6.07, 6.45) is 1.11. The zero-order valence-corrected chi connectivity index (χ0v) is 42.1. The van der Waals surface area contributed by atoms with E-state index in [0.717, 1.165) is 32.9 Å². The van der Waals surface area contributed by atoms with Crippen molar-refractivity contribution in [2.75, 3.05) is 38.1 Å². The lowest BCUT2D eigenvalue weighted by Crippen LogP contribution is -2.76. The first-order valence-electron chi connectivity index (χ1n) is 22.5. The van der Waals surface area contributed by atoms with Crippen molar-refractivity contribution >= 4 is 57.9 Å². The third kappa shape index (κ3) is 14.6. The van der Waals surface area contributed by atoms with Gasteiger partial charge in [-0.2, -0.15) is 8.62 Å². The fourth-order valence-electron chi connectivity index (χ4n) is 7.87. The van der Waals surface area contributed by atoms with Crippen LogP contribution in [-0.4, -0.2) is 90.9 Å². The van der Waals surface area contributed by atoms with Gasteiger partial charge in [0.2, 0.25) is 11.3 Å². The highest BCUT2D eigenvalue weighted by Gasteiger charge is 2.41. The second-order valence-electron chi connectivity index (χ2n) is 16.5. The molecular formula is C45H54N6O18P3+. The monoisotopic (exact) mass is 1060 g/mol. The number of hydrogen-bond acceptors (Lipinski definition) is 14. The number of aromatic amines is 1. The van der Waals surface area contributed by atoms with Crippen LogP contribution in [0.1, 0.15) is 96.0 Å². The maximum Gasteiger partial charge on any atom is 0.490 e. The first-order chi connectivity index (χ1) is 34.0. The van der Waals surface area contributed by atoms with Crippen LogP contribution in [0.2, 0.25) is 0 Å². The Morgan fingerprint density at radius 2 is 1.68 bits per heavy atom. The van der Waals surface area contributed by atoms with Gasteiger partial charge in [-0.3, -0.25) is 28.5 Å². The SMILES string of the molecule is CCNc1cc2oc3cc(=[NH+]CC)c(C)cc-3c(-c3cc(C(=O)NCCCCCC(=O)NCC#Cc4cn(C5CCC(COP(=O)(O)OP(=O)(O)OP(=O)(O)O)O5)c(=O)[nH]c4=O)ccc3C(=O)O)c2cc1C. The number of carboxylic acids is 1. The van der Waals surface area contributed by atoms with E-state index in [9.17, 15) is 52.6 Å². The van der Waals surface area contributed by atoms with Crippen LogP contribution in [-0.2, 0) is 36.4 Å². The minimum atomic E-state index is -5.72. The number of carbonyl (C=O) groups excluding carboxylic acids is 2. The van der Waals surface area contributed by atoms with Gasteiger partial charge in [-0.1, -0.05) is 18.3 Å². The number of ether oxygens (including phenoxy) is 1. The minimum Gasteiger partial charge on any atom is -0.478 e. The summed E-state index contributed by atoms with van der Waals surface area (Å²) in [5, 5.41) is 20.8. The van der Waals surface area contributed by atoms with Gasteiger partial charge in [-0.25, -0.2) is 28.3 Å². The third-order valence-corrected chi connectivity index (χ3v) is 14.9. The molecule has 3 aromatic rings. The molecule has 0 radical (unpaired) electrons. The molecule has 0 saturated carbocycles. The average molecular weight is 1060 g/mol. The summed E-state index contributed by atoms with van der Waals surface area (Å²) >= 11 is 0. The number of amides is 2. The van der Waals surface area contributed by atoms with Gasteiger partial charge in [0.15, 0.2) is 0 Å². The van der Waals surface area contributed by atoms with E-state index in [1.807, 2.05) is 52.0 Å². The first-order valence-corrected chi connectivity index (χ1v) is 27.0. The van der Waals surface area contributed by atoms with E-state index in [4.69, 9.17) is 18.9 Å². The number of aromatic carboxylic acids is 1. The van der Waals surface area contributed by atoms with E-state index < -0.39 is 65.5 Å². The molecule has 72 heavy (non-hydrogen) atoms. The van der Waals surface area contributed by atoms with Crippen LogP contribution in [0.5, 0.6) is 0 Å². The van der Waals surface area contributed by atoms with Crippen molar-refractivity contribution < 1.29 is 80.1 Å². The normalized spacial score (nSPS) is 16.7. The minimum absolute atomic E-state index is 0.0145.